The van der Waals surface area contributed by atoms with Gasteiger partial charge >= 0.3 is 0 Å². The Labute approximate surface area is 128 Å². The van der Waals surface area contributed by atoms with Crippen molar-refractivity contribution in [3.63, 3.8) is 0 Å². The van der Waals surface area contributed by atoms with Crippen LogP contribution in [0, 0.1) is 0 Å². The van der Waals surface area contributed by atoms with E-state index in [0.29, 0.717) is 16.7 Å². The van der Waals surface area contributed by atoms with Crippen molar-refractivity contribution in [3.05, 3.63) is 41.6 Å². The first-order chi connectivity index (χ1) is 10.2. The highest BCUT2D eigenvalue weighted by Crippen LogP contribution is 2.25. The second-order valence-electron chi connectivity index (χ2n) is 4.84. The van der Waals surface area contributed by atoms with E-state index in [1.165, 1.54) is 5.69 Å². The number of pyridine rings is 1. The summed E-state index contributed by atoms with van der Waals surface area (Å²) < 4.78 is 5.36. The van der Waals surface area contributed by atoms with Gasteiger partial charge in [0.1, 0.15) is 5.15 Å². The van der Waals surface area contributed by atoms with Gasteiger partial charge in [-0.3, -0.25) is 0 Å². The predicted molar refractivity (Wildman–Crippen MR) is 86.4 cm³/mol. The number of nitrogens with two attached hydrogens (primary N) is 1. The number of morpholine rings is 1. The Hall–Kier alpha value is -1.98. The van der Waals surface area contributed by atoms with Gasteiger partial charge in [-0.2, -0.15) is 0 Å². The fourth-order valence-electron chi connectivity index (χ4n) is 2.26. The number of anilines is 4. The van der Waals surface area contributed by atoms with Gasteiger partial charge < -0.3 is 20.7 Å². The summed E-state index contributed by atoms with van der Waals surface area (Å²) in [7, 11) is 0. The summed E-state index contributed by atoms with van der Waals surface area (Å²) in [5, 5.41) is 3.59. The lowest BCUT2D eigenvalue weighted by Gasteiger charge is -2.28. The fourth-order valence-corrected chi connectivity index (χ4v) is 2.41. The zero-order valence-electron chi connectivity index (χ0n) is 11.6. The number of nitrogen functional groups attached to an aromatic ring is 1. The molecule has 110 valence electrons. The van der Waals surface area contributed by atoms with Crippen LogP contribution in [0.3, 0.4) is 0 Å². The standard InChI is InChI=1S/C15H17ClN4O/c16-14-6-5-13(17)15(19-14)18-11-1-3-12(4-2-11)20-7-9-21-10-8-20/h1-6H,7-10,17H2,(H,18,19). The van der Waals surface area contributed by atoms with Gasteiger partial charge in [-0.1, -0.05) is 11.6 Å². The molecule has 3 rings (SSSR count). The average molecular weight is 305 g/mol. The van der Waals surface area contributed by atoms with E-state index in [1.54, 1.807) is 12.1 Å². The molecule has 2 heterocycles. The first-order valence-corrected chi connectivity index (χ1v) is 7.22. The molecular weight excluding hydrogens is 288 g/mol. The third kappa shape index (κ3) is 3.37. The Kier molecular flexibility index (Phi) is 4.13. The Balaban J connectivity index is 1.73. The second-order valence-corrected chi connectivity index (χ2v) is 5.23. The van der Waals surface area contributed by atoms with Crippen LogP contribution in [0.25, 0.3) is 0 Å². The molecule has 1 aromatic heterocycles. The fraction of sp³-hybridized carbons (Fsp3) is 0.267. The lowest BCUT2D eigenvalue weighted by atomic mass is 10.2. The van der Waals surface area contributed by atoms with Crippen molar-refractivity contribution in [1.29, 1.82) is 0 Å². The monoisotopic (exact) mass is 304 g/mol. The second kappa shape index (κ2) is 6.20. The summed E-state index contributed by atoms with van der Waals surface area (Å²) in [6, 6.07) is 11.6. The minimum Gasteiger partial charge on any atom is -0.396 e. The maximum atomic E-state index is 5.88. The molecule has 0 amide bonds. The largest absolute Gasteiger partial charge is 0.396 e. The van der Waals surface area contributed by atoms with Crippen molar-refractivity contribution in [1.82, 2.24) is 4.98 Å². The molecule has 0 saturated carbocycles. The van der Waals surface area contributed by atoms with E-state index in [2.05, 4.69) is 27.3 Å². The van der Waals surface area contributed by atoms with Crippen LogP contribution >= 0.6 is 11.6 Å². The number of rotatable bonds is 3. The Bertz CT molecular complexity index is 612. The van der Waals surface area contributed by atoms with E-state index in [1.807, 2.05) is 12.1 Å². The predicted octanol–water partition coefficient (Wildman–Crippen LogP) is 2.90. The molecule has 0 unspecified atom stereocenters. The molecule has 1 aliphatic rings. The van der Waals surface area contributed by atoms with Gasteiger partial charge in [-0.15, -0.1) is 0 Å². The molecular formula is C15H17ClN4O. The van der Waals surface area contributed by atoms with Crippen LogP contribution < -0.4 is 16.0 Å². The van der Waals surface area contributed by atoms with Gasteiger partial charge in [0.25, 0.3) is 0 Å². The highest BCUT2D eigenvalue weighted by atomic mass is 35.5. The van der Waals surface area contributed by atoms with Gasteiger partial charge in [0.2, 0.25) is 0 Å². The summed E-state index contributed by atoms with van der Waals surface area (Å²) in [5.74, 6) is 0.571. The maximum absolute atomic E-state index is 5.88. The van der Waals surface area contributed by atoms with Crippen molar-refractivity contribution in [2.24, 2.45) is 0 Å². The summed E-state index contributed by atoms with van der Waals surface area (Å²) in [6.07, 6.45) is 0. The molecule has 0 aliphatic carbocycles. The summed E-state index contributed by atoms with van der Waals surface area (Å²) >= 11 is 5.88. The van der Waals surface area contributed by atoms with E-state index in [-0.39, 0.29) is 0 Å². The third-order valence-corrected chi connectivity index (χ3v) is 3.61. The van der Waals surface area contributed by atoms with Gasteiger partial charge in [0.05, 0.1) is 18.9 Å². The first-order valence-electron chi connectivity index (χ1n) is 6.84. The van der Waals surface area contributed by atoms with Gasteiger partial charge in [0.15, 0.2) is 5.82 Å². The van der Waals surface area contributed by atoms with Crippen LogP contribution in [0.15, 0.2) is 36.4 Å². The van der Waals surface area contributed by atoms with Crippen molar-refractivity contribution < 1.29 is 4.74 Å². The van der Waals surface area contributed by atoms with E-state index >= 15 is 0 Å². The van der Waals surface area contributed by atoms with E-state index in [0.717, 1.165) is 32.0 Å². The number of hydrogen-bond acceptors (Lipinski definition) is 5. The highest BCUT2D eigenvalue weighted by molar-refractivity contribution is 6.29. The van der Waals surface area contributed by atoms with Crippen LogP contribution in [0.1, 0.15) is 0 Å². The molecule has 21 heavy (non-hydrogen) atoms. The number of hydrogen-bond donors (Lipinski definition) is 2. The smallest absolute Gasteiger partial charge is 0.155 e. The van der Waals surface area contributed by atoms with Crippen molar-refractivity contribution >= 4 is 34.5 Å². The maximum Gasteiger partial charge on any atom is 0.155 e. The molecule has 6 heteroatoms. The Morgan fingerprint density at radius 1 is 1.10 bits per heavy atom. The molecule has 1 aliphatic heterocycles. The number of benzene rings is 1. The molecule has 3 N–H and O–H groups in total. The normalized spacial score (nSPS) is 15.0. The number of ether oxygens (including phenoxy) is 1. The lowest BCUT2D eigenvalue weighted by Crippen LogP contribution is -2.36. The number of nitrogens with zero attached hydrogens (tertiary/aromatic N) is 2. The van der Waals surface area contributed by atoms with Crippen molar-refractivity contribution in [2.75, 3.05) is 42.3 Å². The van der Waals surface area contributed by atoms with E-state index in [4.69, 9.17) is 22.1 Å². The van der Waals surface area contributed by atoms with Gasteiger partial charge in [-0.05, 0) is 36.4 Å². The molecule has 5 nitrogen and oxygen atoms in total. The lowest BCUT2D eigenvalue weighted by molar-refractivity contribution is 0.122. The topological polar surface area (TPSA) is 63.4 Å². The number of nitrogens with one attached hydrogen (secondary N) is 1. The summed E-state index contributed by atoms with van der Waals surface area (Å²) in [4.78, 5) is 6.49. The van der Waals surface area contributed by atoms with Gasteiger partial charge in [0, 0.05) is 24.5 Å². The van der Waals surface area contributed by atoms with Crippen molar-refractivity contribution in [3.8, 4) is 0 Å². The minimum absolute atomic E-state index is 0.414. The van der Waals surface area contributed by atoms with Crippen LogP contribution in [-0.4, -0.2) is 31.3 Å². The SMILES string of the molecule is Nc1ccc(Cl)nc1Nc1ccc(N2CCOCC2)cc1. The first kappa shape index (κ1) is 14.0. The van der Waals surface area contributed by atoms with Crippen LogP contribution in [-0.2, 0) is 4.74 Å². The number of aromatic nitrogens is 1. The van der Waals surface area contributed by atoms with Gasteiger partial charge in [-0.25, -0.2) is 4.98 Å². The summed E-state index contributed by atoms with van der Waals surface area (Å²) in [6.45, 7) is 3.41. The summed E-state index contributed by atoms with van der Waals surface area (Å²) in [5.41, 5.74) is 8.56. The molecule has 0 spiro atoms. The highest BCUT2D eigenvalue weighted by Gasteiger charge is 2.11. The van der Waals surface area contributed by atoms with Crippen LogP contribution in [0.2, 0.25) is 5.15 Å². The molecule has 1 aromatic carbocycles. The Morgan fingerprint density at radius 3 is 2.52 bits per heavy atom. The number of halogens is 1. The molecule has 1 saturated heterocycles. The zero-order chi connectivity index (χ0) is 14.7. The van der Waals surface area contributed by atoms with Crippen LogP contribution in [0.5, 0.6) is 0 Å². The minimum atomic E-state index is 0.414. The van der Waals surface area contributed by atoms with Crippen molar-refractivity contribution in [2.45, 2.75) is 0 Å². The molecule has 2 aromatic rings. The third-order valence-electron chi connectivity index (χ3n) is 3.40. The molecule has 1 fully saturated rings. The van der Waals surface area contributed by atoms with E-state index < -0.39 is 0 Å². The molecule has 0 bridgehead atoms. The zero-order valence-corrected chi connectivity index (χ0v) is 12.3. The molecule has 0 atom stereocenters. The molecule has 0 radical (unpaired) electrons. The quantitative estimate of drug-likeness (QED) is 0.854. The average Bonchev–Trinajstić information content (AvgIpc) is 2.53. The Morgan fingerprint density at radius 2 is 1.81 bits per heavy atom. The van der Waals surface area contributed by atoms with E-state index in [9.17, 15) is 0 Å². The van der Waals surface area contributed by atoms with Crippen LogP contribution in [0.4, 0.5) is 22.9 Å².